The number of aromatic nitrogens is 2. The van der Waals surface area contributed by atoms with Gasteiger partial charge in [0.1, 0.15) is 6.10 Å². The molecule has 1 unspecified atom stereocenters. The molecule has 2 aromatic rings. The lowest BCUT2D eigenvalue weighted by Crippen LogP contribution is -2.44. The van der Waals surface area contributed by atoms with Gasteiger partial charge in [-0.05, 0) is 62.8 Å². The van der Waals surface area contributed by atoms with Gasteiger partial charge in [-0.25, -0.2) is 19.4 Å². The van der Waals surface area contributed by atoms with Crippen LogP contribution >= 0.6 is 24.0 Å². The summed E-state index contributed by atoms with van der Waals surface area (Å²) in [4.78, 5) is 15.3. The topological polar surface area (TPSA) is 74.7 Å². The molecule has 32 heavy (non-hydrogen) atoms. The Labute approximate surface area is 206 Å². The maximum absolute atomic E-state index is 14.0. The Kier molecular flexibility index (Phi) is 9.31. The summed E-state index contributed by atoms with van der Waals surface area (Å²) in [5.41, 5.74) is 1.06. The number of nitrogens with zero attached hydrogens (tertiary/aromatic N) is 4. The molecular weight excluding hydrogens is 522 g/mol. The van der Waals surface area contributed by atoms with Crippen LogP contribution in [0.15, 0.2) is 41.7 Å². The van der Waals surface area contributed by atoms with E-state index in [1.54, 1.807) is 18.5 Å². The monoisotopic (exact) mass is 554 g/mol. The molecule has 7 nitrogen and oxygen atoms in total. The fourth-order valence-electron chi connectivity index (χ4n) is 4.15. The SMILES string of the molecule is CCNC(=NCc1ccnc(OC2CCCC2)c1)NC1CCN(c2ncccc2F)C1.I. The Morgan fingerprint density at radius 2 is 2.06 bits per heavy atom. The van der Waals surface area contributed by atoms with Crippen LogP contribution in [0.2, 0.25) is 0 Å². The minimum absolute atomic E-state index is 0. The van der Waals surface area contributed by atoms with E-state index >= 15 is 0 Å². The van der Waals surface area contributed by atoms with Crippen LogP contribution in [-0.2, 0) is 6.54 Å². The average Bonchev–Trinajstić information content (AvgIpc) is 3.45. The number of halogens is 2. The van der Waals surface area contributed by atoms with Crippen LogP contribution in [0.4, 0.5) is 10.2 Å². The van der Waals surface area contributed by atoms with Crippen LogP contribution in [0.25, 0.3) is 0 Å². The van der Waals surface area contributed by atoms with Gasteiger partial charge < -0.3 is 20.3 Å². The Hall–Kier alpha value is -2.17. The molecule has 4 rings (SSSR count). The van der Waals surface area contributed by atoms with Crippen LogP contribution in [0.3, 0.4) is 0 Å². The lowest BCUT2D eigenvalue weighted by Gasteiger charge is -2.20. The summed E-state index contributed by atoms with van der Waals surface area (Å²) in [6.07, 6.45) is 9.29. The number of rotatable bonds is 7. The predicted molar refractivity (Wildman–Crippen MR) is 135 cm³/mol. The second kappa shape index (κ2) is 12.2. The molecule has 0 radical (unpaired) electrons. The van der Waals surface area contributed by atoms with Crippen molar-refractivity contribution in [2.45, 2.75) is 57.7 Å². The van der Waals surface area contributed by atoms with Gasteiger partial charge in [-0.1, -0.05) is 0 Å². The first-order chi connectivity index (χ1) is 15.2. The molecular formula is C23H32FIN6O. The fourth-order valence-corrected chi connectivity index (χ4v) is 4.15. The average molecular weight is 554 g/mol. The molecule has 1 saturated carbocycles. The molecule has 2 aromatic heterocycles. The second-order valence-electron chi connectivity index (χ2n) is 8.11. The number of hydrogen-bond acceptors (Lipinski definition) is 5. The van der Waals surface area contributed by atoms with E-state index in [2.05, 4.69) is 20.6 Å². The van der Waals surface area contributed by atoms with Crippen molar-refractivity contribution in [2.24, 2.45) is 4.99 Å². The molecule has 1 aliphatic carbocycles. The zero-order valence-corrected chi connectivity index (χ0v) is 20.8. The largest absolute Gasteiger partial charge is 0.474 e. The van der Waals surface area contributed by atoms with Crippen molar-refractivity contribution in [3.63, 3.8) is 0 Å². The van der Waals surface area contributed by atoms with Crippen molar-refractivity contribution in [2.75, 3.05) is 24.5 Å². The molecule has 0 aromatic carbocycles. The molecule has 2 aliphatic rings. The summed E-state index contributed by atoms with van der Waals surface area (Å²) in [7, 11) is 0. The van der Waals surface area contributed by atoms with Crippen LogP contribution < -0.4 is 20.3 Å². The molecule has 0 amide bonds. The van der Waals surface area contributed by atoms with Gasteiger partial charge in [0.15, 0.2) is 17.6 Å². The lowest BCUT2D eigenvalue weighted by molar-refractivity contribution is 0.201. The van der Waals surface area contributed by atoms with E-state index in [4.69, 9.17) is 9.73 Å². The molecule has 0 spiro atoms. The standard InChI is InChI=1S/C23H31FN6O.HI/c1-2-25-23(29-18-10-13-30(16-18)22-20(24)8-5-11-27-22)28-15-17-9-12-26-21(14-17)31-19-6-3-4-7-19;/h5,8-9,11-12,14,18-19H,2-4,6-7,10,13,15-16H2,1H3,(H2,25,28,29);1H. The fraction of sp³-hybridized carbons (Fsp3) is 0.522. The van der Waals surface area contributed by atoms with Gasteiger partial charge in [0.05, 0.1) is 6.54 Å². The van der Waals surface area contributed by atoms with Crippen molar-refractivity contribution in [3.05, 3.63) is 48.0 Å². The van der Waals surface area contributed by atoms with Gasteiger partial charge >= 0.3 is 0 Å². The van der Waals surface area contributed by atoms with Gasteiger partial charge in [0, 0.05) is 44.1 Å². The quantitative estimate of drug-likeness (QED) is 0.308. The van der Waals surface area contributed by atoms with Crippen LogP contribution in [-0.4, -0.2) is 47.7 Å². The van der Waals surface area contributed by atoms with Crippen molar-refractivity contribution in [1.82, 2.24) is 20.6 Å². The van der Waals surface area contributed by atoms with E-state index in [0.717, 1.165) is 43.9 Å². The summed E-state index contributed by atoms with van der Waals surface area (Å²) < 4.78 is 20.1. The molecule has 1 saturated heterocycles. The van der Waals surface area contributed by atoms with E-state index in [1.165, 1.54) is 18.9 Å². The summed E-state index contributed by atoms with van der Waals surface area (Å²) in [6.45, 7) is 4.79. The first-order valence-electron chi connectivity index (χ1n) is 11.2. The van der Waals surface area contributed by atoms with Gasteiger partial charge in [-0.15, -0.1) is 24.0 Å². The highest BCUT2D eigenvalue weighted by atomic mass is 127. The highest BCUT2D eigenvalue weighted by Gasteiger charge is 2.26. The van der Waals surface area contributed by atoms with E-state index in [9.17, 15) is 4.39 Å². The van der Waals surface area contributed by atoms with Crippen LogP contribution in [0, 0.1) is 5.82 Å². The Morgan fingerprint density at radius 3 is 2.84 bits per heavy atom. The smallest absolute Gasteiger partial charge is 0.213 e. The number of guanidine groups is 1. The number of ether oxygens (including phenoxy) is 1. The number of nitrogens with one attached hydrogen (secondary N) is 2. The van der Waals surface area contributed by atoms with Crippen molar-refractivity contribution >= 4 is 35.8 Å². The zero-order chi connectivity index (χ0) is 21.5. The number of anilines is 1. The molecule has 2 fully saturated rings. The highest BCUT2D eigenvalue weighted by molar-refractivity contribution is 14.0. The van der Waals surface area contributed by atoms with Crippen molar-refractivity contribution in [3.8, 4) is 5.88 Å². The zero-order valence-electron chi connectivity index (χ0n) is 18.5. The minimum Gasteiger partial charge on any atom is -0.474 e. The molecule has 1 atom stereocenters. The minimum atomic E-state index is -0.281. The van der Waals surface area contributed by atoms with E-state index in [1.807, 2.05) is 24.0 Å². The molecule has 1 aliphatic heterocycles. The summed E-state index contributed by atoms with van der Waals surface area (Å²) in [6, 6.07) is 7.19. The van der Waals surface area contributed by atoms with Crippen molar-refractivity contribution < 1.29 is 9.13 Å². The summed E-state index contributed by atoms with van der Waals surface area (Å²) >= 11 is 0. The summed E-state index contributed by atoms with van der Waals surface area (Å²) in [5.74, 6) is 1.57. The highest BCUT2D eigenvalue weighted by Crippen LogP contribution is 2.23. The molecule has 3 heterocycles. The van der Waals surface area contributed by atoms with Gasteiger partial charge in [0.2, 0.25) is 5.88 Å². The molecule has 9 heteroatoms. The van der Waals surface area contributed by atoms with Gasteiger partial charge in [-0.3, -0.25) is 0 Å². The molecule has 0 bridgehead atoms. The summed E-state index contributed by atoms with van der Waals surface area (Å²) in [5, 5.41) is 6.78. The maximum Gasteiger partial charge on any atom is 0.213 e. The Morgan fingerprint density at radius 1 is 1.22 bits per heavy atom. The number of pyridine rings is 2. The Bertz CT molecular complexity index is 892. The van der Waals surface area contributed by atoms with Crippen LogP contribution in [0.1, 0.15) is 44.6 Å². The number of hydrogen-bond donors (Lipinski definition) is 2. The molecule has 2 N–H and O–H groups in total. The third kappa shape index (κ3) is 6.66. The van der Waals surface area contributed by atoms with Crippen molar-refractivity contribution in [1.29, 1.82) is 0 Å². The first-order valence-corrected chi connectivity index (χ1v) is 11.2. The van der Waals surface area contributed by atoms with Crippen LogP contribution in [0.5, 0.6) is 5.88 Å². The van der Waals surface area contributed by atoms with Gasteiger partial charge in [0.25, 0.3) is 0 Å². The Balaban J connectivity index is 0.00000289. The number of aliphatic imine (C=N–C) groups is 1. The molecule has 174 valence electrons. The second-order valence-corrected chi connectivity index (χ2v) is 8.11. The normalized spacial score (nSPS) is 19.0. The first kappa shape index (κ1) is 24.5. The predicted octanol–water partition coefficient (Wildman–Crippen LogP) is 3.89. The lowest BCUT2D eigenvalue weighted by atomic mass is 10.2. The third-order valence-corrected chi connectivity index (χ3v) is 5.72. The third-order valence-electron chi connectivity index (χ3n) is 5.72. The maximum atomic E-state index is 14.0. The van der Waals surface area contributed by atoms with E-state index in [0.29, 0.717) is 30.9 Å². The van der Waals surface area contributed by atoms with E-state index in [-0.39, 0.29) is 35.8 Å². The van der Waals surface area contributed by atoms with Gasteiger partial charge in [-0.2, -0.15) is 0 Å². The van der Waals surface area contributed by atoms with E-state index < -0.39 is 0 Å².